The number of nitrogens with one attached hydrogen (secondary N) is 2. The van der Waals surface area contributed by atoms with Crippen molar-refractivity contribution in [1.29, 1.82) is 0 Å². The summed E-state index contributed by atoms with van der Waals surface area (Å²) in [6, 6.07) is 0. The van der Waals surface area contributed by atoms with Crippen molar-refractivity contribution in [2.75, 3.05) is 13.1 Å². The third-order valence-electron chi connectivity index (χ3n) is 2.18. The lowest BCUT2D eigenvalue weighted by atomic mass is 9.93. The molecule has 0 saturated carbocycles. The van der Waals surface area contributed by atoms with Crippen molar-refractivity contribution >= 4 is 5.91 Å². The Morgan fingerprint density at radius 1 is 1.55 bits per heavy atom. The summed E-state index contributed by atoms with van der Waals surface area (Å²) in [5, 5.41) is 6.09. The molecule has 0 aromatic rings. The van der Waals surface area contributed by atoms with E-state index in [9.17, 15) is 4.79 Å². The summed E-state index contributed by atoms with van der Waals surface area (Å²) in [7, 11) is 0. The molecular weight excluding hydrogens is 140 g/mol. The van der Waals surface area contributed by atoms with Crippen molar-refractivity contribution in [3.05, 3.63) is 0 Å². The fourth-order valence-electron chi connectivity index (χ4n) is 1.49. The summed E-state index contributed by atoms with van der Waals surface area (Å²) in [6.07, 6.45) is 1.95. The third kappa shape index (κ3) is 1.71. The van der Waals surface area contributed by atoms with Gasteiger partial charge in [0.25, 0.3) is 0 Å². The van der Waals surface area contributed by atoms with Crippen LogP contribution in [0, 0.1) is 0 Å². The second-order valence-corrected chi connectivity index (χ2v) is 3.26. The Balaban J connectivity index is 2.57. The average molecular weight is 156 g/mol. The maximum Gasteiger partial charge on any atom is 0.240 e. The van der Waals surface area contributed by atoms with Crippen molar-refractivity contribution in [2.24, 2.45) is 0 Å². The first-order valence-corrected chi connectivity index (χ1v) is 4.22. The predicted molar refractivity (Wildman–Crippen MR) is 44.3 cm³/mol. The van der Waals surface area contributed by atoms with Crippen LogP contribution in [-0.4, -0.2) is 24.5 Å². The number of hydrogen-bond donors (Lipinski definition) is 2. The zero-order valence-electron chi connectivity index (χ0n) is 7.24. The van der Waals surface area contributed by atoms with Gasteiger partial charge in [0, 0.05) is 13.1 Å². The Kier molecular flexibility index (Phi) is 2.49. The zero-order chi connectivity index (χ0) is 8.32. The van der Waals surface area contributed by atoms with Crippen LogP contribution in [0.3, 0.4) is 0 Å². The first kappa shape index (κ1) is 8.53. The van der Waals surface area contributed by atoms with Crippen LogP contribution >= 0.6 is 0 Å². The quantitative estimate of drug-likeness (QED) is 0.602. The summed E-state index contributed by atoms with van der Waals surface area (Å²) >= 11 is 0. The lowest BCUT2D eigenvalue weighted by molar-refractivity contribution is -0.128. The third-order valence-corrected chi connectivity index (χ3v) is 2.18. The van der Waals surface area contributed by atoms with E-state index in [-0.39, 0.29) is 11.4 Å². The topological polar surface area (TPSA) is 41.1 Å². The molecule has 1 heterocycles. The van der Waals surface area contributed by atoms with E-state index in [1.54, 1.807) is 0 Å². The molecule has 2 N–H and O–H groups in total. The Bertz CT molecular complexity index is 154. The van der Waals surface area contributed by atoms with Crippen molar-refractivity contribution in [2.45, 2.75) is 32.2 Å². The van der Waals surface area contributed by atoms with E-state index in [1.165, 1.54) is 0 Å². The number of amides is 1. The molecule has 0 aromatic heterocycles. The molecule has 1 saturated heterocycles. The zero-order valence-corrected chi connectivity index (χ0v) is 7.24. The summed E-state index contributed by atoms with van der Waals surface area (Å²) in [6.45, 7) is 5.71. The summed E-state index contributed by atoms with van der Waals surface area (Å²) in [5.74, 6) is 0.144. The number of piperazine rings is 1. The van der Waals surface area contributed by atoms with Crippen LogP contribution < -0.4 is 10.6 Å². The SMILES string of the molecule is CCC[C@@]1(C)NCCNC1=O. The molecule has 1 fully saturated rings. The second-order valence-electron chi connectivity index (χ2n) is 3.26. The van der Waals surface area contributed by atoms with Crippen LogP contribution in [0.25, 0.3) is 0 Å². The molecule has 1 rings (SSSR count). The Hall–Kier alpha value is -0.570. The monoisotopic (exact) mass is 156 g/mol. The molecule has 0 spiro atoms. The molecule has 3 heteroatoms. The molecule has 0 radical (unpaired) electrons. The maximum absolute atomic E-state index is 11.3. The lowest BCUT2D eigenvalue weighted by Gasteiger charge is -2.33. The smallest absolute Gasteiger partial charge is 0.240 e. The van der Waals surface area contributed by atoms with Gasteiger partial charge >= 0.3 is 0 Å². The molecule has 0 aromatic carbocycles. The van der Waals surface area contributed by atoms with Crippen LogP contribution in [0.5, 0.6) is 0 Å². The van der Waals surface area contributed by atoms with E-state index in [4.69, 9.17) is 0 Å². The van der Waals surface area contributed by atoms with Crippen LogP contribution in [-0.2, 0) is 4.79 Å². The van der Waals surface area contributed by atoms with E-state index in [0.717, 1.165) is 25.9 Å². The van der Waals surface area contributed by atoms with Crippen LogP contribution in [0.15, 0.2) is 0 Å². The minimum atomic E-state index is -0.312. The van der Waals surface area contributed by atoms with E-state index in [0.29, 0.717) is 0 Å². The molecule has 0 unspecified atom stereocenters. The van der Waals surface area contributed by atoms with E-state index >= 15 is 0 Å². The van der Waals surface area contributed by atoms with Crippen molar-refractivity contribution in [3.63, 3.8) is 0 Å². The fourth-order valence-corrected chi connectivity index (χ4v) is 1.49. The number of hydrogen-bond acceptors (Lipinski definition) is 2. The molecular formula is C8H16N2O. The maximum atomic E-state index is 11.3. The summed E-state index contributed by atoms with van der Waals surface area (Å²) in [4.78, 5) is 11.3. The van der Waals surface area contributed by atoms with Crippen LogP contribution in [0.1, 0.15) is 26.7 Å². The van der Waals surface area contributed by atoms with E-state index in [1.807, 2.05) is 6.92 Å². The highest BCUT2D eigenvalue weighted by atomic mass is 16.2. The molecule has 0 aliphatic carbocycles. The molecule has 1 aliphatic heterocycles. The normalized spacial score (nSPS) is 31.6. The highest BCUT2D eigenvalue weighted by molar-refractivity contribution is 5.86. The Morgan fingerprint density at radius 3 is 2.82 bits per heavy atom. The van der Waals surface area contributed by atoms with Gasteiger partial charge in [0.15, 0.2) is 0 Å². The number of carbonyl (C=O) groups is 1. The largest absolute Gasteiger partial charge is 0.353 e. The van der Waals surface area contributed by atoms with Crippen molar-refractivity contribution < 1.29 is 4.79 Å². The molecule has 11 heavy (non-hydrogen) atoms. The first-order chi connectivity index (χ1) is 5.19. The molecule has 3 nitrogen and oxygen atoms in total. The van der Waals surface area contributed by atoms with Gasteiger partial charge < -0.3 is 10.6 Å². The van der Waals surface area contributed by atoms with Gasteiger partial charge in [-0.25, -0.2) is 0 Å². The highest BCUT2D eigenvalue weighted by Gasteiger charge is 2.33. The molecule has 1 atom stereocenters. The molecule has 0 bridgehead atoms. The van der Waals surface area contributed by atoms with Crippen molar-refractivity contribution in [1.82, 2.24) is 10.6 Å². The number of carbonyl (C=O) groups excluding carboxylic acids is 1. The van der Waals surface area contributed by atoms with Gasteiger partial charge in [-0.05, 0) is 13.3 Å². The predicted octanol–water partition coefficient (Wildman–Crippen LogP) is 0.265. The van der Waals surface area contributed by atoms with Gasteiger partial charge in [-0.2, -0.15) is 0 Å². The summed E-state index contributed by atoms with van der Waals surface area (Å²) < 4.78 is 0. The van der Waals surface area contributed by atoms with Gasteiger partial charge in [0.05, 0.1) is 5.54 Å². The van der Waals surface area contributed by atoms with E-state index < -0.39 is 0 Å². The van der Waals surface area contributed by atoms with Gasteiger partial charge in [-0.1, -0.05) is 13.3 Å². The minimum Gasteiger partial charge on any atom is -0.353 e. The first-order valence-electron chi connectivity index (χ1n) is 4.22. The van der Waals surface area contributed by atoms with Gasteiger partial charge in [0.2, 0.25) is 5.91 Å². The Labute approximate surface area is 67.5 Å². The van der Waals surface area contributed by atoms with Crippen LogP contribution in [0.2, 0.25) is 0 Å². The molecule has 64 valence electrons. The van der Waals surface area contributed by atoms with Gasteiger partial charge in [-0.15, -0.1) is 0 Å². The number of rotatable bonds is 2. The van der Waals surface area contributed by atoms with Crippen molar-refractivity contribution in [3.8, 4) is 0 Å². The van der Waals surface area contributed by atoms with Crippen LogP contribution in [0.4, 0.5) is 0 Å². The average Bonchev–Trinajstić information content (AvgIpc) is 1.96. The second kappa shape index (κ2) is 3.22. The Morgan fingerprint density at radius 2 is 2.27 bits per heavy atom. The highest BCUT2D eigenvalue weighted by Crippen LogP contribution is 2.13. The minimum absolute atomic E-state index is 0.144. The standard InChI is InChI=1S/C8H16N2O/c1-3-4-8(2)7(11)9-5-6-10-8/h10H,3-6H2,1-2H3,(H,9,11)/t8-/m1/s1. The fraction of sp³-hybridized carbons (Fsp3) is 0.875. The molecule has 1 aliphatic rings. The summed E-state index contributed by atoms with van der Waals surface area (Å²) in [5.41, 5.74) is -0.312. The van der Waals surface area contributed by atoms with Gasteiger partial charge in [0.1, 0.15) is 0 Å². The van der Waals surface area contributed by atoms with Gasteiger partial charge in [-0.3, -0.25) is 4.79 Å². The molecule has 1 amide bonds. The lowest BCUT2D eigenvalue weighted by Crippen LogP contribution is -2.61. The van der Waals surface area contributed by atoms with E-state index in [2.05, 4.69) is 17.6 Å².